The summed E-state index contributed by atoms with van der Waals surface area (Å²) in [5, 5.41) is 9.59. The maximum absolute atomic E-state index is 9.59. The molecule has 2 fully saturated rings. The Kier molecular flexibility index (Phi) is 3.73. The number of aryl methyl sites for hydroxylation is 1. The molecule has 0 bridgehead atoms. The number of fused-ring (bicyclic) bond motifs is 3. The zero-order valence-electron chi connectivity index (χ0n) is 12.9. The highest BCUT2D eigenvalue weighted by Gasteiger charge is 2.56. The summed E-state index contributed by atoms with van der Waals surface area (Å²) in [6, 6.07) is 8.30. The lowest BCUT2D eigenvalue weighted by Crippen LogP contribution is -2.59. The van der Waals surface area contributed by atoms with E-state index in [1.54, 1.807) is 0 Å². The summed E-state index contributed by atoms with van der Waals surface area (Å²) >= 11 is 0. The van der Waals surface area contributed by atoms with Crippen molar-refractivity contribution in [1.29, 1.82) is 0 Å². The Bertz CT molecular complexity index is 538. The largest absolute Gasteiger partial charge is 0.396 e. The molecule has 0 aromatic heterocycles. The standard InChI is InChI=1S/C18H24O4/c19-13-12-18-15-7-3-2-6-14(15)8-9-16(18)20-17(21-22-18)10-4-1-5-11-17/h2-3,6-7,16,19H,1,4-5,8-13H2/t16-,18+/m1/s1. The third-order valence-electron chi connectivity index (χ3n) is 5.47. The van der Waals surface area contributed by atoms with Crippen molar-refractivity contribution in [2.24, 2.45) is 0 Å². The van der Waals surface area contributed by atoms with Crippen molar-refractivity contribution in [2.75, 3.05) is 6.61 Å². The molecule has 1 saturated carbocycles. The fourth-order valence-corrected chi connectivity index (χ4v) is 4.32. The van der Waals surface area contributed by atoms with E-state index in [2.05, 4.69) is 18.2 Å². The number of rotatable bonds is 2. The van der Waals surface area contributed by atoms with E-state index in [0.29, 0.717) is 6.42 Å². The molecular weight excluding hydrogens is 280 g/mol. The molecule has 0 amide bonds. The fraction of sp³-hybridized carbons (Fsp3) is 0.667. The van der Waals surface area contributed by atoms with Gasteiger partial charge >= 0.3 is 0 Å². The zero-order valence-corrected chi connectivity index (χ0v) is 12.9. The second-order valence-electron chi connectivity index (χ2n) is 6.80. The van der Waals surface area contributed by atoms with Crippen LogP contribution in [0.4, 0.5) is 0 Å². The van der Waals surface area contributed by atoms with Crippen LogP contribution in [-0.4, -0.2) is 23.6 Å². The molecule has 0 unspecified atom stereocenters. The Morgan fingerprint density at radius 3 is 2.73 bits per heavy atom. The quantitative estimate of drug-likeness (QED) is 0.852. The predicted molar refractivity (Wildman–Crippen MR) is 81.0 cm³/mol. The molecule has 1 spiro atoms. The van der Waals surface area contributed by atoms with Gasteiger partial charge in [-0.15, -0.1) is 0 Å². The number of hydrogen-bond donors (Lipinski definition) is 1. The maximum Gasteiger partial charge on any atom is 0.202 e. The maximum atomic E-state index is 9.59. The molecule has 4 rings (SSSR count). The SMILES string of the molecule is OCC[C@@]12OOC3(CCCCC3)O[C@@H]1CCc1ccccc12. The zero-order chi connectivity index (χ0) is 15.0. The molecule has 1 aromatic carbocycles. The van der Waals surface area contributed by atoms with Crippen molar-refractivity contribution in [3.05, 3.63) is 35.4 Å². The van der Waals surface area contributed by atoms with Crippen LogP contribution >= 0.6 is 0 Å². The molecule has 22 heavy (non-hydrogen) atoms. The van der Waals surface area contributed by atoms with E-state index in [9.17, 15) is 5.11 Å². The number of benzene rings is 1. The van der Waals surface area contributed by atoms with E-state index in [1.165, 1.54) is 12.0 Å². The summed E-state index contributed by atoms with van der Waals surface area (Å²) in [5.41, 5.74) is 1.73. The first kappa shape index (κ1) is 14.6. The highest BCUT2D eigenvalue weighted by Crippen LogP contribution is 2.50. The van der Waals surface area contributed by atoms with E-state index >= 15 is 0 Å². The predicted octanol–water partition coefficient (Wildman–Crippen LogP) is 3.22. The van der Waals surface area contributed by atoms with Crippen molar-refractivity contribution in [3.8, 4) is 0 Å². The Morgan fingerprint density at radius 1 is 1.09 bits per heavy atom. The van der Waals surface area contributed by atoms with Crippen LogP contribution in [0.15, 0.2) is 24.3 Å². The second-order valence-corrected chi connectivity index (χ2v) is 6.80. The molecule has 3 aliphatic rings. The third kappa shape index (κ3) is 2.21. The lowest BCUT2D eigenvalue weighted by atomic mass is 9.74. The van der Waals surface area contributed by atoms with Gasteiger partial charge in [0.1, 0.15) is 0 Å². The fourth-order valence-electron chi connectivity index (χ4n) is 4.32. The van der Waals surface area contributed by atoms with Gasteiger partial charge in [-0.25, -0.2) is 9.78 Å². The molecular formula is C18H24O4. The molecule has 1 saturated heterocycles. The average Bonchev–Trinajstić information content (AvgIpc) is 2.57. The molecule has 1 aromatic rings. The van der Waals surface area contributed by atoms with E-state index in [0.717, 1.165) is 44.1 Å². The average molecular weight is 304 g/mol. The number of ether oxygens (including phenoxy) is 1. The minimum Gasteiger partial charge on any atom is -0.396 e. The molecule has 1 aliphatic heterocycles. The monoisotopic (exact) mass is 304 g/mol. The third-order valence-corrected chi connectivity index (χ3v) is 5.47. The summed E-state index contributed by atoms with van der Waals surface area (Å²) in [7, 11) is 0. The number of aliphatic hydroxyl groups is 1. The van der Waals surface area contributed by atoms with Gasteiger partial charge in [0, 0.05) is 25.9 Å². The normalized spacial score (nSPS) is 33.2. The van der Waals surface area contributed by atoms with Gasteiger partial charge in [0.15, 0.2) is 5.60 Å². The first-order valence-electron chi connectivity index (χ1n) is 8.52. The first-order valence-corrected chi connectivity index (χ1v) is 8.52. The molecule has 2 atom stereocenters. The van der Waals surface area contributed by atoms with Gasteiger partial charge < -0.3 is 9.84 Å². The Balaban J connectivity index is 1.69. The first-order chi connectivity index (χ1) is 10.8. The minimum atomic E-state index is -0.660. The van der Waals surface area contributed by atoms with Crippen molar-refractivity contribution >= 4 is 0 Å². The number of aliphatic hydroxyl groups excluding tert-OH is 1. The topological polar surface area (TPSA) is 47.9 Å². The summed E-state index contributed by atoms with van der Waals surface area (Å²) in [6.07, 6.45) is 7.67. The summed E-state index contributed by atoms with van der Waals surface area (Å²) in [5.74, 6) is -0.561. The van der Waals surface area contributed by atoms with Gasteiger partial charge in [-0.2, -0.15) is 0 Å². The van der Waals surface area contributed by atoms with Crippen LogP contribution in [0.1, 0.15) is 56.1 Å². The van der Waals surface area contributed by atoms with E-state index in [-0.39, 0.29) is 12.7 Å². The van der Waals surface area contributed by atoms with Crippen molar-refractivity contribution in [2.45, 2.75) is 68.9 Å². The van der Waals surface area contributed by atoms with Gasteiger partial charge in [0.25, 0.3) is 0 Å². The van der Waals surface area contributed by atoms with Crippen LogP contribution in [0.25, 0.3) is 0 Å². The van der Waals surface area contributed by atoms with Crippen LogP contribution in [-0.2, 0) is 26.5 Å². The molecule has 0 radical (unpaired) electrons. The molecule has 4 heteroatoms. The van der Waals surface area contributed by atoms with E-state index in [4.69, 9.17) is 14.5 Å². The van der Waals surface area contributed by atoms with Crippen LogP contribution < -0.4 is 0 Å². The summed E-state index contributed by atoms with van der Waals surface area (Å²) in [6.45, 7) is 0.0601. The Morgan fingerprint density at radius 2 is 1.91 bits per heavy atom. The van der Waals surface area contributed by atoms with E-state index < -0.39 is 11.4 Å². The van der Waals surface area contributed by atoms with Gasteiger partial charge in [-0.1, -0.05) is 30.7 Å². The molecule has 1 heterocycles. The number of hydrogen-bond acceptors (Lipinski definition) is 4. The summed E-state index contributed by atoms with van der Waals surface area (Å²) in [4.78, 5) is 11.9. The summed E-state index contributed by atoms with van der Waals surface area (Å²) < 4.78 is 6.47. The van der Waals surface area contributed by atoms with Crippen molar-refractivity contribution < 1.29 is 19.6 Å². The second kappa shape index (κ2) is 5.60. The lowest BCUT2D eigenvalue weighted by molar-refractivity contribution is -0.541. The van der Waals surface area contributed by atoms with Gasteiger partial charge in [0.2, 0.25) is 5.79 Å². The lowest BCUT2D eigenvalue weighted by Gasteiger charge is -2.53. The van der Waals surface area contributed by atoms with Gasteiger partial charge in [0.05, 0.1) is 6.10 Å². The van der Waals surface area contributed by atoms with Crippen LogP contribution in [0.3, 0.4) is 0 Å². The van der Waals surface area contributed by atoms with Gasteiger partial charge in [-0.05, 0) is 36.8 Å². The molecule has 1 N–H and O–H groups in total. The minimum absolute atomic E-state index is 0.0404. The highest BCUT2D eigenvalue weighted by molar-refractivity contribution is 5.36. The molecule has 2 aliphatic carbocycles. The van der Waals surface area contributed by atoms with E-state index in [1.807, 2.05) is 6.07 Å². The van der Waals surface area contributed by atoms with Crippen molar-refractivity contribution in [1.82, 2.24) is 0 Å². The van der Waals surface area contributed by atoms with Crippen LogP contribution in [0.5, 0.6) is 0 Å². The van der Waals surface area contributed by atoms with Gasteiger partial charge in [-0.3, -0.25) is 0 Å². The van der Waals surface area contributed by atoms with Crippen LogP contribution in [0, 0.1) is 0 Å². The molecule has 4 nitrogen and oxygen atoms in total. The smallest absolute Gasteiger partial charge is 0.202 e. The Labute approximate surface area is 131 Å². The van der Waals surface area contributed by atoms with Crippen LogP contribution in [0.2, 0.25) is 0 Å². The highest BCUT2D eigenvalue weighted by atomic mass is 17.2. The van der Waals surface area contributed by atoms with Crippen molar-refractivity contribution in [3.63, 3.8) is 0 Å². The Hall–Kier alpha value is -0.940. The molecule has 120 valence electrons.